The van der Waals surface area contributed by atoms with Crippen molar-refractivity contribution in [2.75, 3.05) is 33.9 Å². The number of halogens is 1. The Kier molecular flexibility index (Phi) is 7.67. The highest BCUT2D eigenvalue weighted by Gasteiger charge is 2.36. The number of nitrogens with zero attached hydrogens (tertiary/aromatic N) is 1. The summed E-state index contributed by atoms with van der Waals surface area (Å²) in [5, 5.41) is 2.19. The molecule has 9 heteroatoms. The Bertz CT molecular complexity index is 738. The minimum atomic E-state index is -0.492. The molecule has 1 saturated heterocycles. The fourth-order valence-electron chi connectivity index (χ4n) is 2.24. The first kappa shape index (κ1) is 20.5. The van der Waals surface area contributed by atoms with Gasteiger partial charge in [-0.2, -0.15) is 0 Å². The van der Waals surface area contributed by atoms with E-state index in [0.717, 1.165) is 21.1 Å². The van der Waals surface area contributed by atoms with Gasteiger partial charge in [0, 0.05) is 30.3 Å². The summed E-state index contributed by atoms with van der Waals surface area (Å²) in [6, 6.07) is 5.36. The van der Waals surface area contributed by atoms with Gasteiger partial charge in [0.25, 0.3) is 11.1 Å². The van der Waals surface area contributed by atoms with Crippen molar-refractivity contribution >= 4 is 50.8 Å². The lowest BCUT2D eigenvalue weighted by Gasteiger charge is -2.12. The van der Waals surface area contributed by atoms with Gasteiger partial charge in [0.2, 0.25) is 5.91 Å². The van der Waals surface area contributed by atoms with Crippen LogP contribution in [0.5, 0.6) is 5.75 Å². The summed E-state index contributed by atoms with van der Waals surface area (Å²) in [4.78, 5) is 37.7. The Labute approximate surface area is 164 Å². The Morgan fingerprint density at radius 2 is 2.12 bits per heavy atom. The molecule has 1 heterocycles. The number of rotatable bonds is 8. The maximum absolute atomic E-state index is 12.5. The zero-order valence-electron chi connectivity index (χ0n) is 14.4. The molecule has 0 aliphatic carbocycles. The molecule has 2 rings (SSSR count). The van der Waals surface area contributed by atoms with Crippen molar-refractivity contribution in [2.45, 2.75) is 6.42 Å². The summed E-state index contributed by atoms with van der Waals surface area (Å²) in [5.74, 6) is -0.297. The van der Waals surface area contributed by atoms with E-state index in [4.69, 9.17) is 9.47 Å². The largest absolute Gasteiger partial charge is 0.496 e. The maximum atomic E-state index is 12.5. The highest BCUT2D eigenvalue weighted by atomic mass is 79.9. The summed E-state index contributed by atoms with van der Waals surface area (Å²) < 4.78 is 11.0. The maximum Gasteiger partial charge on any atom is 0.294 e. The molecule has 140 valence electrons. The number of hydrogen-bond acceptors (Lipinski definition) is 6. The minimum Gasteiger partial charge on any atom is -0.496 e. The zero-order valence-corrected chi connectivity index (χ0v) is 16.8. The topological polar surface area (TPSA) is 84.9 Å². The van der Waals surface area contributed by atoms with Gasteiger partial charge in [-0.25, -0.2) is 0 Å². The molecule has 0 saturated carbocycles. The third-order valence-corrected chi connectivity index (χ3v) is 4.90. The predicted molar refractivity (Wildman–Crippen MR) is 103 cm³/mol. The summed E-state index contributed by atoms with van der Waals surface area (Å²) in [5.41, 5.74) is 0.663. The van der Waals surface area contributed by atoms with E-state index in [0.29, 0.717) is 30.9 Å². The SMILES string of the molecule is COCCCNC(=O)CN1C(=O)S/C(=C\c2cc(Br)ccc2OC)C1=O. The number of nitrogens with one attached hydrogen (secondary N) is 1. The Balaban J connectivity index is 2.06. The third kappa shape index (κ3) is 5.33. The molecule has 26 heavy (non-hydrogen) atoms. The number of carbonyl (C=O) groups is 3. The molecule has 1 aliphatic rings. The molecule has 1 aliphatic heterocycles. The number of methoxy groups -OCH3 is 2. The van der Waals surface area contributed by atoms with E-state index in [1.807, 2.05) is 6.07 Å². The molecule has 0 unspecified atom stereocenters. The molecule has 0 bridgehead atoms. The van der Waals surface area contributed by atoms with Crippen molar-refractivity contribution in [3.05, 3.63) is 33.1 Å². The molecule has 0 atom stereocenters. The van der Waals surface area contributed by atoms with Gasteiger partial charge >= 0.3 is 0 Å². The number of carbonyl (C=O) groups excluding carboxylic acids is 3. The second-order valence-electron chi connectivity index (χ2n) is 5.35. The first-order valence-electron chi connectivity index (χ1n) is 7.80. The Morgan fingerprint density at radius 1 is 1.35 bits per heavy atom. The molecule has 3 amide bonds. The van der Waals surface area contributed by atoms with E-state index in [-0.39, 0.29) is 17.4 Å². The summed E-state index contributed by atoms with van der Waals surface area (Å²) >= 11 is 4.17. The van der Waals surface area contributed by atoms with Crippen LogP contribution in [0.15, 0.2) is 27.6 Å². The average Bonchev–Trinajstić information content (AvgIpc) is 2.86. The molecule has 0 spiro atoms. The number of hydrogen-bond donors (Lipinski definition) is 1. The predicted octanol–water partition coefficient (Wildman–Crippen LogP) is 2.65. The number of thioether (sulfide) groups is 1. The summed E-state index contributed by atoms with van der Waals surface area (Å²) in [6.45, 7) is 0.650. The second-order valence-corrected chi connectivity index (χ2v) is 7.26. The molecule has 1 aromatic rings. The van der Waals surface area contributed by atoms with Crippen LogP contribution in [0.4, 0.5) is 4.79 Å². The van der Waals surface area contributed by atoms with E-state index >= 15 is 0 Å². The van der Waals surface area contributed by atoms with Crippen LogP contribution in [0.25, 0.3) is 6.08 Å². The minimum absolute atomic E-state index is 0.249. The normalized spacial score (nSPS) is 15.7. The lowest BCUT2D eigenvalue weighted by atomic mass is 10.2. The van der Waals surface area contributed by atoms with Crippen LogP contribution >= 0.6 is 27.7 Å². The third-order valence-electron chi connectivity index (χ3n) is 3.50. The van der Waals surface area contributed by atoms with Gasteiger partial charge < -0.3 is 14.8 Å². The monoisotopic (exact) mass is 442 g/mol. The Hall–Kier alpha value is -1.84. The summed E-state index contributed by atoms with van der Waals surface area (Å²) in [7, 11) is 3.11. The van der Waals surface area contributed by atoms with Gasteiger partial charge in [-0.05, 0) is 42.5 Å². The van der Waals surface area contributed by atoms with E-state index in [1.165, 1.54) is 7.11 Å². The van der Waals surface area contributed by atoms with Crippen molar-refractivity contribution < 1.29 is 23.9 Å². The van der Waals surface area contributed by atoms with Crippen LogP contribution in [0, 0.1) is 0 Å². The van der Waals surface area contributed by atoms with E-state index in [9.17, 15) is 14.4 Å². The molecule has 0 aromatic heterocycles. The van der Waals surface area contributed by atoms with Crippen molar-refractivity contribution in [2.24, 2.45) is 0 Å². The highest BCUT2D eigenvalue weighted by Crippen LogP contribution is 2.34. The molecule has 1 fully saturated rings. The van der Waals surface area contributed by atoms with Gasteiger partial charge in [-0.15, -0.1) is 0 Å². The summed E-state index contributed by atoms with van der Waals surface area (Å²) in [6.07, 6.45) is 2.25. The fraction of sp³-hybridized carbons (Fsp3) is 0.353. The highest BCUT2D eigenvalue weighted by molar-refractivity contribution is 9.10. The van der Waals surface area contributed by atoms with Crippen LogP contribution in [0.3, 0.4) is 0 Å². The van der Waals surface area contributed by atoms with Crippen LogP contribution in [-0.4, -0.2) is 55.9 Å². The quantitative estimate of drug-likeness (QED) is 0.491. The van der Waals surface area contributed by atoms with Crippen molar-refractivity contribution in [3.8, 4) is 5.75 Å². The van der Waals surface area contributed by atoms with E-state index < -0.39 is 11.1 Å². The van der Waals surface area contributed by atoms with Crippen LogP contribution in [0.1, 0.15) is 12.0 Å². The number of imide groups is 1. The second kappa shape index (κ2) is 9.75. The standard InChI is InChI=1S/C17H19BrN2O5S/c1-24-7-3-6-19-15(21)10-20-16(22)14(26-17(20)23)9-11-8-12(18)4-5-13(11)25-2/h4-5,8-9H,3,6-7,10H2,1-2H3,(H,19,21)/b14-9-. The Morgan fingerprint density at radius 3 is 2.81 bits per heavy atom. The molecule has 1 aromatic carbocycles. The van der Waals surface area contributed by atoms with Gasteiger partial charge in [-0.1, -0.05) is 15.9 Å². The first-order valence-corrected chi connectivity index (χ1v) is 9.41. The van der Waals surface area contributed by atoms with Gasteiger partial charge in [0.15, 0.2) is 0 Å². The van der Waals surface area contributed by atoms with Gasteiger partial charge in [0.05, 0.1) is 12.0 Å². The van der Waals surface area contributed by atoms with Crippen LogP contribution in [0.2, 0.25) is 0 Å². The molecular formula is C17H19BrN2O5S. The van der Waals surface area contributed by atoms with Crippen molar-refractivity contribution in [1.29, 1.82) is 0 Å². The molecule has 1 N–H and O–H groups in total. The smallest absolute Gasteiger partial charge is 0.294 e. The number of amides is 3. The van der Waals surface area contributed by atoms with Gasteiger partial charge in [-0.3, -0.25) is 19.3 Å². The number of ether oxygens (including phenoxy) is 2. The van der Waals surface area contributed by atoms with Crippen LogP contribution in [-0.2, 0) is 14.3 Å². The molecule has 7 nitrogen and oxygen atoms in total. The van der Waals surface area contributed by atoms with E-state index in [1.54, 1.807) is 25.3 Å². The lowest BCUT2D eigenvalue weighted by molar-refractivity contribution is -0.129. The number of benzene rings is 1. The first-order chi connectivity index (χ1) is 12.5. The van der Waals surface area contributed by atoms with Gasteiger partial charge in [0.1, 0.15) is 12.3 Å². The van der Waals surface area contributed by atoms with Crippen molar-refractivity contribution in [3.63, 3.8) is 0 Å². The molecule has 0 radical (unpaired) electrons. The van der Waals surface area contributed by atoms with Crippen LogP contribution < -0.4 is 10.1 Å². The van der Waals surface area contributed by atoms with Crippen molar-refractivity contribution in [1.82, 2.24) is 10.2 Å². The fourth-order valence-corrected chi connectivity index (χ4v) is 3.45. The average molecular weight is 443 g/mol. The van der Waals surface area contributed by atoms with E-state index in [2.05, 4.69) is 21.2 Å². The molecular weight excluding hydrogens is 424 g/mol. The lowest BCUT2D eigenvalue weighted by Crippen LogP contribution is -2.39. The zero-order chi connectivity index (χ0) is 19.1.